The largest absolute Gasteiger partial charge is 0.369 e. The van der Waals surface area contributed by atoms with Crippen LogP contribution in [-0.4, -0.2) is 90.8 Å². The molecule has 0 spiro atoms. The Labute approximate surface area is 193 Å². The highest BCUT2D eigenvalue weighted by molar-refractivity contribution is 5.98. The maximum atomic E-state index is 11.7. The first-order valence-corrected chi connectivity index (χ1v) is 11.6. The molecule has 0 bridgehead atoms. The van der Waals surface area contributed by atoms with Crippen molar-refractivity contribution >= 4 is 17.2 Å². The minimum Gasteiger partial charge on any atom is -0.369 e. The number of amides is 1. The molecule has 2 aliphatic rings. The van der Waals surface area contributed by atoms with Crippen LogP contribution in [-0.2, 0) is 4.84 Å². The number of benzene rings is 1. The molecule has 3 aromatic rings. The Morgan fingerprint density at radius 2 is 1.79 bits per heavy atom. The summed E-state index contributed by atoms with van der Waals surface area (Å²) in [4.78, 5) is 27.2. The molecule has 5 rings (SSSR count). The number of fused-ring (bicyclic) bond motifs is 1. The number of pyridine rings is 1. The number of nitrogens with two attached hydrogens (primary N) is 1. The summed E-state index contributed by atoms with van der Waals surface area (Å²) in [6.45, 7) is 9.76. The van der Waals surface area contributed by atoms with Crippen molar-refractivity contribution in [1.82, 2.24) is 24.7 Å². The van der Waals surface area contributed by atoms with Crippen LogP contribution in [0.5, 0.6) is 0 Å². The molecule has 1 aromatic carbocycles. The molecule has 3 N–H and O–H groups in total. The molecule has 2 aromatic heterocycles. The highest BCUT2D eigenvalue weighted by atomic mass is 16.7. The van der Waals surface area contributed by atoms with Crippen LogP contribution < -0.4 is 16.0 Å². The Morgan fingerprint density at radius 1 is 1.03 bits per heavy atom. The van der Waals surface area contributed by atoms with E-state index in [0.29, 0.717) is 11.2 Å². The number of nitrogens with one attached hydrogen (secondary N) is 1. The second kappa shape index (κ2) is 9.88. The lowest BCUT2D eigenvalue weighted by Gasteiger charge is -2.36. The summed E-state index contributed by atoms with van der Waals surface area (Å²) in [5, 5.41) is 5.48. The van der Waals surface area contributed by atoms with Gasteiger partial charge in [-0.25, -0.2) is 4.98 Å². The van der Waals surface area contributed by atoms with E-state index in [0.717, 1.165) is 76.8 Å². The van der Waals surface area contributed by atoms with Crippen LogP contribution in [0.4, 0.5) is 5.69 Å². The van der Waals surface area contributed by atoms with E-state index in [2.05, 4.69) is 49.4 Å². The Morgan fingerprint density at radius 3 is 2.52 bits per heavy atom. The Hall–Kier alpha value is -2.98. The van der Waals surface area contributed by atoms with E-state index < -0.39 is 5.91 Å². The topological polar surface area (TPSA) is 91.4 Å². The van der Waals surface area contributed by atoms with Crippen LogP contribution in [0.2, 0.25) is 0 Å². The lowest BCUT2D eigenvalue weighted by atomic mass is 10.1. The Bertz CT molecular complexity index is 1080. The fraction of sp³-hybridized carbons (Fsp3) is 0.417. The van der Waals surface area contributed by atoms with Gasteiger partial charge in [-0.3, -0.25) is 14.5 Å². The van der Waals surface area contributed by atoms with Crippen molar-refractivity contribution < 1.29 is 9.63 Å². The van der Waals surface area contributed by atoms with Crippen LogP contribution >= 0.6 is 0 Å². The van der Waals surface area contributed by atoms with Crippen LogP contribution in [0.25, 0.3) is 16.9 Å². The summed E-state index contributed by atoms with van der Waals surface area (Å²) < 4.78 is 1.84. The number of hydroxylamine groups is 2. The average molecular weight is 450 g/mol. The van der Waals surface area contributed by atoms with Gasteiger partial charge in [-0.1, -0.05) is 12.1 Å². The van der Waals surface area contributed by atoms with Crippen LogP contribution in [0.3, 0.4) is 0 Å². The van der Waals surface area contributed by atoms with Gasteiger partial charge in [0.2, 0.25) is 0 Å². The van der Waals surface area contributed by atoms with Crippen molar-refractivity contribution in [1.29, 1.82) is 0 Å². The van der Waals surface area contributed by atoms with Crippen molar-refractivity contribution in [2.45, 2.75) is 0 Å². The van der Waals surface area contributed by atoms with E-state index in [1.54, 1.807) is 12.1 Å². The molecule has 174 valence electrons. The van der Waals surface area contributed by atoms with Gasteiger partial charge in [-0.05, 0) is 24.3 Å². The molecule has 2 aliphatic heterocycles. The molecule has 9 nitrogen and oxygen atoms in total. The molecule has 33 heavy (non-hydrogen) atoms. The van der Waals surface area contributed by atoms with Crippen molar-refractivity contribution in [3.8, 4) is 11.3 Å². The molecule has 2 saturated heterocycles. The number of imidazole rings is 1. The molecular weight excluding hydrogens is 418 g/mol. The SMILES string of the molecule is NC(=O)c1cccn2cc(-c3ccc(N4CCN(OCCN5CCNCC5)CC4)cc3)nc12. The van der Waals surface area contributed by atoms with Crippen molar-refractivity contribution in [3.05, 3.63) is 54.4 Å². The first kappa shape index (κ1) is 21.8. The summed E-state index contributed by atoms with van der Waals surface area (Å²) >= 11 is 0. The lowest BCUT2D eigenvalue weighted by Crippen LogP contribution is -2.48. The first-order valence-electron chi connectivity index (χ1n) is 11.6. The standard InChI is InChI=1S/C24H31N7O2/c25-23(32)21-2-1-9-30-18-22(27-24(21)30)19-3-5-20(6-4-19)29-12-14-31(15-13-29)33-17-16-28-10-7-26-8-11-28/h1-6,9,18,26H,7-8,10-17H2,(H2,25,32). The average Bonchev–Trinajstić information content (AvgIpc) is 3.30. The third-order valence-corrected chi connectivity index (χ3v) is 6.41. The number of primary amides is 1. The summed E-state index contributed by atoms with van der Waals surface area (Å²) in [5.41, 5.74) is 9.51. The third kappa shape index (κ3) is 5.01. The van der Waals surface area contributed by atoms with E-state index in [-0.39, 0.29) is 0 Å². The molecule has 9 heteroatoms. The predicted molar refractivity (Wildman–Crippen MR) is 128 cm³/mol. The molecule has 0 aliphatic carbocycles. The second-order valence-electron chi connectivity index (χ2n) is 8.53. The number of piperazine rings is 2. The van der Waals surface area contributed by atoms with E-state index in [9.17, 15) is 4.79 Å². The van der Waals surface area contributed by atoms with Gasteiger partial charge >= 0.3 is 0 Å². The number of carbonyl (C=O) groups excluding carboxylic acids is 1. The minimum absolute atomic E-state index is 0.424. The zero-order valence-electron chi connectivity index (χ0n) is 18.8. The summed E-state index contributed by atoms with van der Waals surface area (Å²) in [5.74, 6) is -0.472. The van der Waals surface area contributed by atoms with Crippen LogP contribution in [0.15, 0.2) is 48.8 Å². The molecule has 0 saturated carbocycles. The molecule has 1 amide bonds. The zero-order valence-corrected chi connectivity index (χ0v) is 18.8. The van der Waals surface area contributed by atoms with Crippen LogP contribution in [0, 0.1) is 0 Å². The number of hydrogen-bond acceptors (Lipinski definition) is 7. The van der Waals surface area contributed by atoms with E-state index in [4.69, 9.17) is 10.6 Å². The van der Waals surface area contributed by atoms with Gasteiger partial charge in [0.25, 0.3) is 5.91 Å². The van der Waals surface area contributed by atoms with Crippen molar-refractivity contribution in [3.63, 3.8) is 0 Å². The van der Waals surface area contributed by atoms with E-state index in [1.807, 2.05) is 16.8 Å². The smallest absolute Gasteiger partial charge is 0.252 e. The van der Waals surface area contributed by atoms with Gasteiger partial charge in [0, 0.05) is 82.5 Å². The van der Waals surface area contributed by atoms with Crippen molar-refractivity contribution in [2.75, 3.05) is 70.4 Å². The van der Waals surface area contributed by atoms with Gasteiger partial charge in [-0.2, -0.15) is 5.06 Å². The monoisotopic (exact) mass is 449 g/mol. The maximum absolute atomic E-state index is 11.7. The van der Waals surface area contributed by atoms with E-state index in [1.165, 1.54) is 5.69 Å². The second-order valence-corrected chi connectivity index (χ2v) is 8.53. The quantitative estimate of drug-likeness (QED) is 0.557. The van der Waals surface area contributed by atoms with Gasteiger partial charge in [0.05, 0.1) is 17.9 Å². The number of aromatic nitrogens is 2. The Balaban J connectivity index is 1.16. The Kier molecular flexibility index (Phi) is 6.54. The molecule has 4 heterocycles. The summed E-state index contributed by atoms with van der Waals surface area (Å²) in [6.07, 6.45) is 3.80. The zero-order chi connectivity index (χ0) is 22.6. The van der Waals surface area contributed by atoms with Crippen molar-refractivity contribution in [2.24, 2.45) is 5.73 Å². The van der Waals surface area contributed by atoms with Gasteiger partial charge in [0.15, 0.2) is 0 Å². The number of anilines is 1. The summed E-state index contributed by atoms with van der Waals surface area (Å²) in [6, 6.07) is 11.9. The van der Waals surface area contributed by atoms with Gasteiger partial charge < -0.3 is 20.4 Å². The molecule has 0 unspecified atom stereocenters. The normalized spacial score (nSPS) is 18.1. The maximum Gasteiger partial charge on any atom is 0.252 e. The minimum atomic E-state index is -0.472. The van der Waals surface area contributed by atoms with Gasteiger partial charge in [-0.15, -0.1) is 0 Å². The van der Waals surface area contributed by atoms with E-state index >= 15 is 0 Å². The highest BCUT2D eigenvalue weighted by Gasteiger charge is 2.19. The summed E-state index contributed by atoms with van der Waals surface area (Å²) in [7, 11) is 0. The number of carbonyl (C=O) groups is 1. The third-order valence-electron chi connectivity index (χ3n) is 6.41. The molecule has 0 radical (unpaired) electrons. The number of hydrogen-bond donors (Lipinski definition) is 2. The number of nitrogens with zero attached hydrogens (tertiary/aromatic N) is 5. The molecular formula is C24H31N7O2. The highest BCUT2D eigenvalue weighted by Crippen LogP contribution is 2.24. The number of rotatable bonds is 7. The van der Waals surface area contributed by atoms with Gasteiger partial charge in [0.1, 0.15) is 5.65 Å². The fourth-order valence-corrected chi connectivity index (χ4v) is 4.50. The van der Waals surface area contributed by atoms with Crippen LogP contribution in [0.1, 0.15) is 10.4 Å². The predicted octanol–water partition coefficient (Wildman–Crippen LogP) is 1.06. The first-order chi connectivity index (χ1) is 16.2. The molecule has 0 atom stereocenters. The molecule has 2 fully saturated rings. The fourth-order valence-electron chi connectivity index (χ4n) is 4.50. The lowest BCUT2D eigenvalue weighted by molar-refractivity contribution is -0.164.